The average Bonchev–Trinajstić information content (AvgIpc) is 3.09. The second kappa shape index (κ2) is 8.40. The molecule has 3 aromatic rings. The van der Waals surface area contributed by atoms with Crippen molar-refractivity contribution in [1.82, 2.24) is 0 Å². The Morgan fingerprint density at radius 1 is 0.839 bits per heavy atom. The zero-order chi connectivity index (χ0) is 22.0. The number of benzene rings is 3. The van der Waals surface area contributed by atoms with E-state index in [0.29, 0.717) is 34.7 Å². The number of rotatable bonds is 5. The van der Waals surface area contributed by atoms with E-state index in [0.717, 1.165) is 10.5 Å². The van der Waals surface area contributed by atoms with Crippen molar-refractivity contribution in [1.29, 1.82) is 0 Å². The lowest BCUT2D eigenvalue weighted by Gasteiger charge is -2.13. The molecule has 0 aliphatic carbocycles. The lowest BCUT2D eigenvalue weighted by molar-refractivity contribution is -0.122. The molecule has 0 saturated carbocycles. The Morgan fingerprint density at radius 2 is 1.45 bits per heavy atom. The zero-order valence-electron chi connectivity index (χ0n) is 17.3. The van der Waals surface area contributed by atoms with Crippen LogP contribution in [0.3, 0.4) is 0 Å². The number of ketones is 1. The standard InChI is InChI=1S/C26H21NO4/c1-3-31-25(19-12-8-5-9-13-19)23-21-16-20(24(29)18-10-6-4-7-11-18)14-15-22(21)27(17(2)28)26(23)30/h4-16H,3H2,1-2H3. The molecule has 31 heavy (non-hydrogen) atoms. The van der Waals surface area contributed by atoms with E-state index in [1.165, 1.54) is 6.92 Å². The monoisotopic (exact) mass is 411 g/mol. The van der Waals surface area contributed by atoms with Gasteiger partial charge < -0.3 is 4.74 Å². The topological polar surface area (TPSA) is 63.7 Å². The third-order valence-electron chi connectivity index (χ3n) is 5.09. The number of carbonyl (C=O) groups is 3. The summed E-state index contributed by atoms with van der Waals surface area (Å²) in [5, 5.41) is 0. The number of carbonyl (C=O) groups excluding carboxylic acids is 3. The highest BCUT2D eigenvalue weighted by atomic mass is 16.5. The van der Waals surface area contributed by atoms with Crippen molar-refractivity contribution in [3.63, 3.8) is 0 Å². The molecule has 1 aliphatic rings. The highest BCUT2D eigenvalue weighted by molar-refractivity contribution is 6.43. The summed E-state index contributed by atoms with van der Waals surface area (Å²) in [6, 6.07) is 23.2. The summed E-state index contributed by atoms with van der Waals surface area (Å²) >= 11 is 0. The van der Waals surface area contributed by atoms with Crippen molar-refractivity contribution in [2.75, 3.05) is 11.5 Å². The van der Waals surface area contributed by atoms with Crippen molar-refractivity contribution >= 4 is 34.6 Å². The summed E-state index contributed by atoms with van der Waals surface area (Å²) in [5.74, 6) is -0.622. The molecule has 0 spiro atoms. The number of anilines is 1. The number of ether oxygens (including phenoxy) is 1. The lowest BCUT2D eigenvalue weighted by Crippen LogP contribution is -2.31. The number of amides is 2. The van der Waals surface area contributed by atoms with Crippen molar-refractivity contribution in [2.24, 2.45) is 0 Å². The highest BCUT2D eigenvalue weighted by Gasteiger charge is 2.38. The predicted molar refractivity (Wildman–Crippen MR) is 119 cm³/mol. The van der Waals surface area contributed by atoms with Crippen LogP contribution < -0.4 is 4.90 Å². The molecule has 0 atom stereocenters. The Balaban J connectivity index is 1.94. The zero-order valence-corrected chi connectivity index (χ0v) is 17.3. The fourth-order valence-corrected chi connectivity index (χ4v) is 3.73. The van der Waals surface area contributed by atoms with Gasteiger partial charge in [-0.25, -0.2) is 4.90 Å². The number of nitrogens with zero attached hydrogens (tertiary/aromatic N) is 1. The minimum absolute atomic E-state index is 0.158. The maximum Gasteiger partial charge on any atom is 0.269 e. The molecule has 4 rings (SSSR count). The molecule has 0 bridgehead atoms. The van der Waals surface area contributed by atoms with E-state index in [1.54, 1.807) is 42.5 Å². The van der Waals surface area contributed by atoms with Crippen LogP contribution in [-0.4, -0.2) is 24.2 Å². The first-order valence-corrected chi connectivity index (χ1v) is 10.0. The molecule has 0 aromatic heterocycles. The fraction of sp³-hybridized carbons (Fsp3) is 0.115. The van der Waals surface area contributed by atoms with Gasteiger partial charge in [0.05, 0.1) is 17.9 Å². The van der Waals surface area contributed by atoms with Crippen molar-refractivity contribution in [2.45, 2.75) is 13.8 Å². The second-order valence-corrected chi connectivity index (χ2v) is 7.09. The summed E-state index contributed by atoms with van der Waals surface area (Å²) in [5.41, 5.74) is 2.95. The van der Waals surface area contributed by atoms with E-state index in [2.05, 4.69) is 0 Å². The Bertz CT molecular complexity index is 1200. The summed E-state index contributed by atoms with van der Waals surface area (Å²) in [7, 11) is 0. The summed E-state index contributed by atoms with van der Waals surface area (Å²) in [6.45, 7) is 3.53. The molecule has 1 aliphatic heterocycles. The normalized spacial score (nSPS) is 14.3. The van der Waals surface area contributed by atoms with Gasteiger partial charge in [0.2, 0.25) is 5.91 Å². The van der Waals surface area contributed by atoms with Crippen LogP contribution in [0.15, 0.2) is 78.9 Å². The number of fused-ring (bicyclic) bond motifs is 1. The van der Waals surface area contributed by atoms with E-state index in [4.69, 9.17) is 4.74 Å². The molecule has 1 heterocycles. The molecule has 0 N–H and O–H groups in total. The molecule has 154 valence electrons. The minimum Gasteiger partial charge on any atom is -0.492 e. The SMILES string of the molecule is CCOC(=C1C(=O)N(C(C)=O)c2ccc(C(=O)c3ccccc3)cc21)c1ccccc1. The van der Waals surface area contributed by atoms with Gasteiger partial charge in [-0.3, -0.25) is 14.4 Å². The van der Waals surface area contributed by atoms with Gasteiger partial charge in [-0.2, -0.15) is 0 Å². The Hall–Kier alpha value is -3.99. The van der Waals surface area contributed by atoms with E-state index in [-0.39, 0.29) is 11.4 Å². The van der Waals surface area contributed by atoms with Gasteiger partial charge in [0.1, 0.15) is 5.76 Å². The van der Waals surface area contributed by atoms with Gasteiger partial charge in [0.25, 0.3) is 5.91 Å². The van der Waals surface area contributed by atoms with Gasteiger partial charge in [-0.1, -0.05) is 60.7 Å². The molecule has 5 nitrogen and oxygen atoms in total. The Labute approximate surface area is 180 Å². The van der Waals surface area contributed by atoms with Crippen molar-refractivity contribution < 1.29 is 19.1 Å². The van der Waals surface area contributed by atoms with Crippen LogP contribution >= 0.6 is 0 Å². The first-order chi connectivity index (χ1) is 15.0. The van der Waals surface area contributed by atoms with Gasteiger partial charge in [-0.05, 0) is 25.1 Å². The van der Waals surface area contributed by atoms with E-state index < -0.39 is 11.8 Å². The van der Waals surface area contributed by atoms with Crippen LogP contribution in [-0.2, 0) is 14.3 Å². The maximum absolute atomic E-state index is 13.3. The summed E-state index contributed by atoms with van der Waals surface area (Å²) in [6.07, 6.45) is 0. The molecular formula is C26H21NO4. The first-order valence-electron chi connectivity index (χ1n) is 10.0. The lowest BCUT2D eigenvalue weighted by atomic mass is 9.96. The van der Waals surface area contributed by atoms with Crippen molar-refractivity contribution in [3.05, 3.63) is 101 Å². The molecule has 0 saturated heterocycles. The molecule has 0 radical (unpaired) electrons. The smallest absolute Gasteiger partial charge is 0.269 e. The van der Waals surface area contributed by atoms with Crippen LogP contribution in [0.5, 0.6) is 0 Å². The molecule has 5 heteroatoms. The minimum atomic E-state index is -0.459. The Kier molecular flexibility index (Phi) is 5.50. The summed E-state index contributed by atoms with van der Waals surface area (Å²) in [4.78, 5) is 39.8. The van der Waals surface area contributed by atoms with Gasteiger partial charge >= 0.3 is 0 Å². The van der Waals surface area contributed by atoms with Crippen LogP contribution in [0.25, 0.3) is 11.3 Å². The fourth-order valence-electron chi connectivity index (χ4n) is 3.73. The predicted octanol–water partition coefficient (Wildman–Crippen LogP) is 4.72. The first kappa shape index (κ1) is 20.3. The van der Waals surface area contributed by atoms with Crippen LogP contribution in [0.4, 0.5) is 5.69 Å². The third kappa shape index (κ3) is 3.66. The quantitative estimate of drug-likeness (QED) is 0.346. The molecule has 3 aromatic carbocycles. The second-order valence-electron chi connectivity index (χ2n) is 7.09. The molecule has 0 unspecified atom stereocenters. The number of hydrogen-bond acceptors (Lipinski definition) is 4. The van der Waals surface area contributed by atoms with E-state index in [9.17, 15) is 14.4 Å². The largest absolute Gasteiger partial charge is 0.492 e. The third-order valence-corrected chi connectivity index (χ3v) is 5.09. The number of imide groups is 1. The molecule has 0 fully saturated rings. The van der Waals surface area contributed by atoms with E-state index >= 15 is 0 Å². The highest BCUT2D eigenvalue weighted by Crippen LogP contribution is 2.42. The van der Waals surface area contributed by atoms with E-state index in [1.807, 2.05) is 43.3 Å². The maximum atomic E-state index is 13.3. The van der Waals surface area contributed by atoms with Crippen LogP contribution in [0, 0.1) is 0 Å². The van der Waals surface area contributed by atoms with Gasteiger partial charge in [-0.15, -0.1) is 0 Å². The van der Waals surface area contributed by atoms with Crippen LogP contribution in [0.1, 0.15) is 40.9 Å². The van der Waals surface area contributed by atoms with Gasteiger partial charge in [0.15, 0.2) is 5.78 Å². The van der Waals surface area contributed by atoms with Gasteiger partial charge in [0, 0.05) is 29.2 Å². The van der Waals surface area contributed by atoms with Crippen LogP contribution in [0.2, 0.25) is 0 Å². The number of hydrogen-bond donors (Lipinski definition) is 0. The molecular weight excluding hydrogens is 390 g/mol. The molecule has 2 amide bonds. The average molecular weight is 411 g/mol. The van der Waals surface area contributed by atoms with Crippen molar-refractivity contribution in [3.8, 4) is 0 Å². The Morgan fingerprint density at radius 3 is 2.03 bits per heavy atom. The summed E-state index contributed by atoms with van der Waals surface area (Å²) < 4.78 is 5.89.